The molecule has 1 saturated heterocycles. The number of hydrogen-bond donors (Lipinski definition) is 0. The summed E-state index contributed by atoms with van der Waals surface area (Å²) in [6.45, 7) is 1.40. The summed E-state index contributed by atoms with van der Waals surface area (Å²) in [6.07, 6.45) is 3.96. The second-order valence-electron chi connectivity index (χ2n) is 6.63. The lowest BCUT2D eigenvalue weighted by Gasteiger charge is -2.35. The zero-order chi connectivity index (χ0) is 16.6. The molecule has 2 nitrogen and oxygen atoms in total. The highest BCUT2D eigenvalue weighted by molar-refractivity contribution is 5.63. The van der Waals surface area contributed by atoms with Crippen molar-refractivity contribution in [3.05, 3.63) is 59.7 Å². The van der Waals surface area contributed by atoms with Crippen LogP contribution in [-0.4, -0.2) is 19.0 Å². The van der Waals surface area contributed by atoms with Crippen molar-refractivity contribution in [1.29, 1.82) is 0 Å². The van der Waals surface area contributed by atoms with Gasteiger partial charge in [0, 0.05) is 12.8 Å². The van der Waals surface area contributed by atoms with E-state index in [1.54, 1.807) is 6.07 Å². The van der Waals surface area contributed by atoms with Crippen molar-refractivity contribution in [2.75, 3.05) is 13.2 Å². The van der Waals surface area contributed by atoms with E-state index < -0.39 is 11.6 Å². The minimum absolute atomic E-state index is 0.331. The molecule has 2 aromatic carbocycles. The van der Waals surface area contributed by atoms with Crippen molar-refractivity contribution in [3.8, 4) is 11.1 Å². The Bertz CT molecular complexity index is 711. The molecule has 0 bridgehead atoms. The average molecular weight is 330 g/mol. The molecule has 0 aromatic heterocycles. The third-order valence-corrected chi connectivity index (χ3v) is 5.20. The molecule has 1 heterocycles. The standard InChI is InChI=1S/C20H20F2O2/c21-18-6-5-17(13-19(18)22)15-3-1-14(2-4-15)16-7-9-20(10-8-16)23-11-12-24-20/h1-6,13,16H,7-12H2. The molecule has 1 spiro atoms. The number of rotatable bonds is 2. The van der Waals surface area contributed by atoms with Crippen LogP contribution in [0.3, 0.4) is 0 Å². The maximum absolute atomic E-state index is 13.4. The normalized spacial score (nSPS) is 20.6. The third-order valence-electron chi connectivity index (χ3n) is 5.20. The van der Waals surface area contributed by atoms with Crippen molar-refractivity contribution in [2.24, 2.45) is 0 Å². The van der Waals surface area contributed by atoms with E-state index >= 15 is 0 Å². The Morgan fingerprint density at radius 2 is 1.42 bits per heavy atom. The fraction of sp³-hybridized carbons (Fsp3) is 0.400. The lowest BCUT2D eigenvalue weighted by molar-refractivity contribution is -0.178. The number of hydrogen-bond acceptors (Lipinski definition) is 2. The number of halogens is 2. The quantitative estimate of drug-likeness (QED) is 0.769. The lowest BCUT2D eigenvalue weighted by atomic mass is 9.80. The summed E-state index contributed by atoms with van der Waals surface area (Å²) in [5, 5.41) is 0. The molecule has 0 amide bonds. The molecule has 24 heavy (non-hydrogen) atoms. The number of ether oxygens (including phenoxy) is 2. The zero-order valence-corrected chi connectivity index (χ0v) is 13.4. The molecule has 4 heteroatoms. The Morgan fingerprint density at radius 1 is 0.792 bits per heavy atom. The van der Waals surface area contributed by atoms with Crippen LogP contribution in [0.2, 0.25) is 0 Å². The summed E-state index contributed by atoms with van der Waals surface area (Å²) in [7, 11) is 0. The minimum atomic E-state index is -0.817. The van der Waals surface area contributed by atoms with Gasteiger partial charge in [-0.3, -0.25) is 0 Å². The van der Waals surface area contributed by atoms with E-state index in [-0.39, 0.29) is 5.79 Å². The second kappa shape index (κ2) is 6.26. The Labute approximate surface area is 140 Å². The summed E-state index contributed by atoms with van der Waals surface area (Å²) in [4.78, 5) is 0. The third kappa shape index (κ3) is 2.96. The Hall–Kier alpha value is -1.78. The van der Waals surface area contributed by atoms with E-state index in [9.17, 15) is 8.78 Å². The zero-order valence-electron chi connectivity index (χ0n) is 13.4. The van der Waals surface area contributed by atoms with Gasteiger partial charge in [-0.25, -0.2) is 8.78 Å². The fourth-order valence-electron chi connectivity index (χ4n) is 3.80. The first-order valence-corrected chi connectivity index (χ1v) is 8.49. The van der Waals surface area contributed by atoms with Crippen molar-refractivity contribution in [1.82, 2.24) is 0 Å². The monoisotopic (exact) mass is 330 g/mol. The van der Waals surface area contributed by atoms with Gasteiger partial charge in [0.25, 0.3) is 0 Å². The van der Waals surface area contributed by atoms with Crippen LogP contribution in [-0.2, 0) is 9.47 Å². The molecule has 126 valence electrons. The van der Waals surface area contributed by atoms with Gasteiger partial charge < -0.3 is 9.47 Å². The number of benzene rings is 2. The second-order valence-corrected chi connectivity index (χ2v) is 6.63. The Morgan fingerprint density at radius 3 is 2.04 bits per heavy atom. The molecule has 1 saturated carbocycles. The van der Waals surface area contributed by atoms with Crippen LogP contribution < -0.4 is 0 Å². The molecule has 0 radical (unpaired) electrons. The van der Waals surface area contributed by atoms with Crippen LogP contribution >= 0.6 is 0 Å². The van der Waals surface area contributed by atoms with Crippen molar-refractivity contribution >= 4 is 0 Å². The molecule has 2 fully saturated rings. The molecule has 2 aromatic rings. The summed E-state index contributed by atoms with van der Waals surface area (Å²) in [5.74, 6) is -1.46. The van der Waals surface area contributed by atoms with E-state index in [2.05, 4.69) is 12.1 Å². The summed E-state index contributed by atoms with van der Waals surface area (Å²) in [5.41, 5.74) is 2.87. The van der Waals surface area contributed by atoms with Gasteiger partial charge in [0.1, 0.15) is 0 Å². The molecule has 1 aliphatic heterocycles. The largest absolute Gasteiger partial charge is 0.348 e. The van der Waals surface area contributed by atoms with Crippen molar-refractivity contribution in [2.45, 2.75) is 37.4 Å². The van der Waals surface area contributed by atoms with Crippen LogP contribution in [0.4, 0.5) is 8.78 Å². The first-order chi connectivity index (χ1) is 11.7. The molecular formula is C20H20F2O2. The molecule has 0 atom stereocenters. The van der Waals surface area contributed by atoms with Gasteiger partial charge in [-0.2, -0.15) is 0 Å². The molecular weight excluding hydrogens is 310 g/mol. The van der Waals surface area contributed by atoms with Crippen LogP contribution in [0.15, 0.2) is 42.5 Å². The van der Waals surface area contributed by atoms with Crippen molar-refractivity contribution < 1.29 is 18.3 Å². The smallest absolute Gasteiger partial charge is 0.168 e. The summed E-state index contributed by atoms with van der Waals surface area (Å²) >= 11 is 0. The van der Waals surface area contributed by atoms with Crippen LogP contribution in [0.5, 0.6) is 0 Å². The molecule has 2 aliphatic rings. The van der Waals surface area contributed by atoms with E-state index in [0.29, 0.717) is 24.7 Å². The van der Waals surface area contributed by atoms with Crippen LogP contribution in [0, 0.1) is 11.6 Å². The highest BCUT2D eigenvalue weighted by atomic mass is 19.2. The summed E-state index contributed by atoms with van der Waals surface area (Å²) in [6, 6.07) is 12.2. The first kappa shape index (κ1) is 15.7. The van der Waals surface area contributed by atoms with E-state index in [4.69, 9.17) is 9.47 Å². The fourth-order valence-corrected chi connectivity index (χ4v) is 3.80. The minimum Gasteiger partial charge on any atom is -0.348 e. The van der Waals surface area contributed by atoms with E-state index in [1.165, 1.54) is 17.7 Å². The summed E-state index contributed by atoms with van der Waals surface area (Å²) < 4.78 is 38.0. The van der Waals surface area contributed by atoms with Gasteiger partial charge in [0.15, 0.2) is 17.4 Å². The Kier molecular flexibility index (Phi) is 4.10. The van der Waals surface area contributed by atoms with Gasteiger partial charge >= 0.3 is 0 Å². The van der Waals surface area contributed by atoms with Crippen LogP contribution in [0.25, 0.3) is 11.1 Å². The van der Waals surface area contributed by atoms with Gasteiger partial charge in [-0.15, -0.1) is 0 Å². The van der Waals surface area contributed by atoms with Gasteiger partial charge in [0.05, 0.1) is 13.2 Å². The predicted octanol–water partition coefficient (Wildman–Crippen LogP) is 5.03. The van der Waals surface area contributed by atoms with Crippen molar-refractivity contribution in [3.63, 3.8) is 0 Å². The topological polar surface area (TPSA) is 18.5 Å². The van der Waals surface area contributed by atoms with E-state index in [1.807, 2.05) is 12.1 Å². The van der Waals surface area contributed by atoms with Gasteiger partial charge in [-0.05, 0) is 47.6 Å². The van der Waals surface area contributed by atoms with E-state index in [0.717, 1.165) is 31.2 Å². The highest BCUT2D eigenvalue weighted by Gasteiger charge is 2.40. The molecule has 4 rings (SSSR count). The molecule has 1 aliphatic carbocycles. The predicted molar refractivity (Wildman–Crippen MR) is 87.6 cm³/mol. The average Bonchev–Trinajstić information content (AvgIpc) is 3.06. The molecule has 0 unspecified atom stereocenters. The first-order valence-electron chi connectivity index (χ1n) is 8.49. The SMILES string of the molecule is Fc1ccc(-c2ccc(C3CCC4(CC3)OCCO4)cc2)cc1F. The van der Waals surface area contributed by atoms with Gasteiger partial charge in [-0.1, -0.05) is 30.3 Å². The van der Waals surface area contributed by atoms with Gasteiger partial charge in [0.2, 0.25) is 0 Å². The van der Waals surface area contributed by atoms with Crippen LogP contribution in [0.1, 0.15) is 37.2 Å². The maximum atomic E-state index is 13.4. The Balaban J connectivity index is 1.47. The molecule has 0 N–H and O–H groups in total. The lowest BCUT2D eigenvalue weighted by Crippen LogP contribution is -2.34. The highest BCUT2D eigenvalue weighted by Crippen LogP contribution is 2.42. The maximum Gasteiger partial charge on any atom is 0.168 e.